The van der Waals surface area contributed by atoms with Crippen LogP contribution in [0.4, 0.5) is 0 Å². The molecule has 1 N–H and O–H groups in total. The number of nitrogens with one attached hydrogen (secondary N) is 1. The first-order valence-electron chi connectivity index (χ1n) is 8.05. The van der Waals surface area contributed by atoms with Crippen molar-refractivity contribution in [3.8, 4) is 5.75 Å². The van der Waals surface area contributed by atoms with Crippen LogP contribution < -0.4 is 10.1 Å². The van der Waals surface area contributed by atoms with Crippen LogP contribution in [0, 0.1) is 0 Å². The fraction of sp³-hybridized carbons (Fsp3) is 0.588. The van der Waals surface area contributed by atoms with E-state index in [9.17, 15) is 4.79 Å². The number of piperidine rings is 1. The Morgan fingerprint density at radius 3 is 3.10 bits per heavy atom. The van der Waals surface area contributed by atoms with Crippen molar-refractivity contribution in [2.75, 3.05) is 19.7 Å². The Bertz CT molecular complexity index is 483. The lowest BCUT2D eigenvalue weighted by atomic mass is 10.0. The lowest BCUT2D eigenvalue weighted by Crippen LogP contribution is -2.37. The zero-order valence-corrected chi connectivity index (χ0v) is 12.5. The Kier molecular flexibility index (Phi) is 4.76. The van der Waals surface area contributed by atoms with Crippen LogP contribution in [0.1, 0.15) is 37.7 Å². The SMILES string of the molecule is O=C(CCC1CCCCN1)N1CCOc2ccccc2C1. The zero-order valence-electron chi connectivity index (χ0n) is 12.5. The van der Waals surface area contributed by atoms with Crippen molar-refractivity contribution in [2.24, 2.45) is 0 Å². The molecule has 1 unspecified atom stereocenters. The van der Waals surface area contributed by atoms with E-state index in [0.717, 1.165) is 24.3 Å². The molecule has 1 aromatic carbocycles. The molecular weight excluding hydrogens is 264 g/mol. The molecule has 2 aliphatic rings. The summed E-state index contributed by atoms with van der Waals surface area (Å²) in [5.41, 5.74) is 1.11. The second kappa shape index (κ2) is 6.94. The van der Waals surface area contributed by atoms with E-state index < -0.39 is 0 Å². The molecule has 0 saturated carbocycles. The smallest absolute Gasteiger partial charge is 0.223 e. The van der Waals surface area contributed by atoms with Crippen LogP contribution in [0.2, 0.25) is 0 Å². The van der Waals surface area contributed by atoms with E-state index in [-0.39, 0.29) is 5.91 Å². The number of hydrogen-bond donors (Lipinski definition) is 1. The highest BCUT2D eigenvalue weighted by Gasteiger charge is 2.21. The van der Waals surface area contributed by atoms with E-state index in [2.05, 4.69) is 5.32 Å². The van der Waals surface area contributed by atoms with Gasteiger partial charge in [0, 0.05) is 24.6 Å². The average Bonchev–Trinajstić information content (AvgIpc) is 2.76. The molecule has 4 nitrogen and oxygen atoms in total. The molecular formula is C17H24N2O2. The molecule has 1 amide bonds. The third-order valence-electron chi connectivity index (χ3n) is 4.42. The third-order valence-corrected chi connectivity index (χ3v) is 4.42. The molecule has 21 heavy (non-hydrogen) atoms. The number of carbonyl (C=O) groups excluding carboxylic acids is 1. The standard InChI is InChI=1S/C17H24N2O2/c20-17(9-8-15-6-3-4-10-18-15)19-11-12-21-16-7-2-1-5-14(16)13-19/h1-2,5,7,15,18H,3-4,6,8-13H2. The summed E-state index contributed by atoms with van der Waals surface area (Å²) >= 11 is 0. The van der Waals surface area contributed by atoms with Crippen molar-refractivity contribution >= 4 is 5.91 Å². The summed E-state index contributed by atoms with van der Waals surface area (Å²) in [6.45, 7) is 3.05. The lowest BCUT2D eigenvalue weighted by Gasteiger charge is -2.25. The molecule has 2 heterocycles. The lowest BCUT2D eigenvalue weighted by molar-refractivity contribution is -0.132. The fourth-order valence-electron chi connectivity index (χ4n) is 3.16. The van der Waals surface area contributed by atoms with Crippen LogP contribution in [0.25, 0.3) is 0 Å². The molecule has 0 spiro atoms. The van der Waals surface area contributed by atoms with Crippen molar-refractivity contribution in [2.45, 2.75) is 44.7 Å². The molecule has 0 radical (unpaired) electrons. The highest BCUT2D eigenvalue weighted by atomic mass is 16.5. The Morgan fingerprint density at radius 2 is 2.24 bits per heavy atom. The minimum absolute atomic E-state index is 0.252. The van der Waals surface area contributed by atoms with E-state index in [4.69, 9.17) is 4.74 Å². The average molecular weight is 288 g/mol. The summed E-state index contributed by atoms with van der Waals surface area (Å²) in [6, 6.07) is 8.53. The van der Waals surface area contributed by atoms with Gasteiger partial charge >= 0.3 is 0 Å². The highest BCUT2D eigenvalue weighted by molar-refractivity contribution is 5.76. The van der Waals surface area contributed by atoms with Crippen LogP contribution in [-0.4, -0.2) is 36.5 Å². The first-order valence-corrected chi connectivity index (χ1v) is 8.05. The molecule has 3 rings (SSSR count). The van der Waals surface area contributed by atoms with Crippen molar-refractivity contribution in [3.63, 3.8) is 0 Å². The Balaban J connectivity index is 1.55. The monoisotopic (exact) mass is 288 g/mol. The van der Waals surface area contributed by atoms with Gasteiger partial charge in [-0.25, -0.2) is 0 Å². The van der Waals surface area contributed by atoms with Gasteiger partial charge < -0.3 is 15.0 Å². The van der Waals surface area contributed by atoms with Gasteiger partial charge in [-0.05, 0) is 31.9 Å². The topological polar surface area (TPSA) is 41.6 Å². The third kappa shape index (κ3) is 3.76. The molecule has 0 aromatic heterocycles. The van der Waals surface area contributed by atoms with E-state index in [1.807, 2.05) is 29.2 Å². The molecule has 2 aliphatic heterocycles. The van der Waals surface area contributed by atoms with Crippen molar-refractivity contribution in [1.29, 1.82) is 0 Å². The van der Waals surface area contributed by atoms with Gasteiger partial charge in [0.05, 0.1) is 6.54 Å². The molecule has 0 aliphatic carbocycles. The van der Waals surface area contributed by atoms with E-state index in [1.165, 1.54) is 19.3 Å². The number of nitrogens with zero attached hydrogens (tertiary/aromatic N) is 1. The van der Waals surface area contributed by atoms with Crippen molar-refractivity contribution < 1.29 is 9.53 Å². The van der Waals surface area contributed by atoms with Gasteiger partial charge in [0.25, 0.3) is 0 Å². The van der Waals surface area contributed by atoms with Gasteiger partial charge in [-0.3, -0.25) is 4.79 Å². The van der Waals surface area contributed by atoms with Crippen LogP contribution in [0.3, 0.4) is 0 Å². The number of hydrogen-bond acceptors (Lipinski definition) is 3. The number of fused-ring (bicyclic) bond motifs is 1. The minimum Gasteiger partial charge on any atom is -0.491 e. The highest BCUT2D eigenvalue weighted by Crippen LogP contribution is 2.23. The normalized spacial score (nSPS) is 22.1. The summed E-state index contributed by atoms with van der Waals surface area (Å²) in [5, 5.41) is 3.51. The number of rotatable bonds is 3. The summed E-state index contributed by atoms with van der Waals surface area (Å²) in [6.07, 6.45) is 5.36. The molecule has 1 saturated heterocycles. The summed E-state index contributed by atoms with van der Waals surface area (Å²) in [4.78, 5) is 14.4. The van der Waals surface area contributed by atoms with Gasteiger partial charge in [-0.1, -0.05) is 24.6 Å². The Morgan fingerprint density at radius 1 is 1.33 bits per heavy atom. The fourth-order valence-corrected chi connectivity index (χ4v) is 3.16. The van der Waals surface area contributed by atoms with E-state index in [0.29, 0.717) is 32.2 Å². The summed E-state index contributed by atoms with van der Waals surface area (Å²) in [7, 11) is 0. The van der Waals surface area contributed by atoms with Crippen LogP contribution in [0.5, 0.6) is 5.75 Å². The van der Waals surface area contributed by atoms with Gasteiger partial charge in [0.15, 0.2) is 0 Å². The largest absolute Gasteiger partial charge is 0.491 e. The van der Waals surface area contributed by atoms with Crippen LogP contribution in [0.15, 0.2) is 24.3 Å². The number of benzene rings is 1. The van der Waals surface area contributed by atoms with Crippen molar-refractivity contribution in [3.05, 3.63) is 29.8 Å². The van der Waals surface area contributed by atoms with Gasteiger partial charge in [-0.15, -0.1) is 0 Å². The Hall–Kier alpha value is -1.55. The van der Waals surface area contributed by atoms with Crippen LogP contribution in [-0.2, 0) is 11.3 Å². The van der Waals surface area contributed by atoms with Crippen molar-refractivity contribution in [1.82, 2.24) is 10.2 Å². The van der Waals surface area contributed by atoms with Gasteiger partial charge in [-0.2, -0.15) is 0 Å². The molecule has 1 fully saturated rings. The van der Waals surface area contributed by atoms with E-state index >= 15 is 0 Å². The maximum atomic E-state index is 12.4. The first-order chi connectivity index (χ1) is 10.3. The van der Waals surface area contributed by atoms with Gasteiger partial charge in [0.1, 0.15) is 12.4 Å². The molecule has 4 heteroatoms. The zero-order chi connectivity index (χ0) is 14.5. The maximum absolute atomic E-state index is 12.4. The summed E-state index contributed by atoms with van der Waals surface area (Å²) in [5.74, 6) is 1.17. The molecule has 1 atom stereocenters. The quantitative estimate of drug-likeness (QED) is 0.928. The number of ether oxygens (including phenoxy) is 1. The predicted molar refractivity (Wildman–Crippen MR) is 82.2 cm³/mol. The number of para-hydroxylation sites is 1. The Labute approximate surface area is 126 Å². The maximum Gasteiger partial charge on any atom is 0.223 e. The summed E-state index contributed by atoms with van der Waals surface area (Å²) < 4.78 is 5.72. The second-order valence-electron chi connectivity index (χ2n) is 5.96. The first kappa shape index (κ1) is 14.4. The number of amides is 1. The van der Waals surface area contributed by atoms with E-state index in [1.54, 1.807) is 0 Å². The molecule has 1 aromatic rings. The second-order valence-corrected chi connectivity index (χ2v) is 5.96. The van der Waals surface area contributed by atoms with Crippen LogP contribution >= 0.6 is 0 Å². The number of carbonyl (C=O) groups is 1. The molecule has 0 bridgehead atoms. The predicted octanol–water partition coefficient (Wildman–Crippen LogP) is 2.33. The van der Waals surface area contributed by atoms with Gasteiger partial charge in [0.2, 0.25) is 5.91 Å². The molecule has 114 valence electrons. The minimum atomic E-state index is 0.252.